The van der Waals surface area contributed by atoms with E-state index in [1.165, 1.54) is 0 Å². The van der Waals surface area contributed by atoms with Gasteiger partial charge in [-0.3, -0.25) is 0 Å². The third kappa shape index (κ3) is 4.87. The molecule has 114 valence electrons. The Balaban J connectivity index is 2.65. The first-order chi connectivity index (χ1) is 9.40. The predicted octanol–water partition coefficient (Wildman–Crippen LogP) is 3.06. The maximum Gasteiger partial charge on any atom is 0.154 e. The van der Waals surface area contributed by atoms with E-state index in [0.717, 1.165) is 17.0 Å². The van der Waals surface area contributed by atoms with Gasteiger partial charge in [0.2, 0.25) is 0 Å². The largest absolute Gasteiger partial charge is 0.494 e. The van der Waals surface area contributed by atoms with Crippen molar-refractivity contribution in [3.8, 4) is 5.75 Å². The fraction of sp³-hybridized carbons (Fsp3) is 0.571. The number of rotatable bonds is 8. The summed E-state index contributed by atoms with van der Waals surface area (Å²) < 4.78 is 28.9. The standard InChI is InChI=1S/C14H22ClNO3S/c1-4-19-14-6-5-13(9-12(14)10-15)16-7-8-20(17,18)11(2)3/h5-6,9,11,16H,4,7-8,10H2,1-3H3. The minimum atomic E-state index is -3.01. The van der Waals surface area contributed by atoms with E-state index in [2.05, 4.69) is 5.32 Å². The molecule has 0 atom stereocenters. The third-order valence-corrected chi connectivity index (χ3v) is 5.44. The number of nitrogens with one attached hydrogen (secondary N) is 1. The minimum absolute atomic E-state index is 0.119. The van der Waals surface area contributed by atoms with Crippen LogP contribution in [0.2, 0.25) is 0 Å². The molecule has 1 rings (SSSR count). The molecule has 0 bridgehead atoms. The summed E-state index contributed by atoms with van der Waals surface area (Å²) >= 11 is 5.88. The summed E-state index contributed by atoms with van der Waals surface area (Å²) in [6.07, 6.45) is 0. The van der Waals surface area contributed by atoms with Gasteiger partial charge in [0.25, 0.3) is 0 Å². The van der Waals surface area contributed by atoms with Gasteiger partial charge in [0, 0.05) is 17.8 Å². The number of alkyl halides is 1. The Hall–Kier alpha value is -0.940. The Bertz CT molecular complexity index is 529. The van der Waals surface area contributed by atoms with Gasteiger partial charge in [0.15, 0.2) is 9.84 Å². The Kier molecular flexibility index (Phi) is 6.62. The number of hydrogen-bond acceptors (Lipinski definition) is 4. The first-order valence-electron chi connectivity index (χ1n) is 6.67. The van der Waals surface area contributed by atoms with Crippen LogP contribution in [0.15, 0.2) is 18.2 Å². The van der Waals surface area contributed by atoms with Crippen molar-refractivity contribution in [3.63, 3.8) is 0 Å². The van der Waals surface area contributed by atoms with E-state index in [1.54, 1.807) is 13.8 Å². The highest BCUT2D eigenvalue weighted by Crippen LogP contribution is 2.24. The second-order valence-corrected chi connectivity index (χ2v) is 7.68. The van der Waals surface area contributed by atoms with Crippen LogP contribution < -0.4 is 10.1 Å². The maximum atomic E-state index is 11.7. The van der Waals surface area contributed by atoms with E-state index < -0.39 is 9.84 Å². The zero-order valence-corrected chi connectivity index (χ0v) is 13.7. The third-order valence-electron chi connectivity index (χ3n) is 2.94. The lowest BCUT2D eigenvalue weighted by Gasteiger charge is -2.12. The lowest BCUT2D eigenvalue weighted by atomic mass is 10.2. The number of anilines is 1. The molecular formula is C14H22ClNO3S. The van der Waals surface area contributed by atoms with Gasteiger partial charge in [-0.25, -0.2) is 8.42 Å². The molecule has 6 heteroatoms. The SMILES string of the molecule is CCOc1ccc(NCCS(=O)(=O)C(C)C)cc1CCl. The molecule has 0 radical (unpaired) electrons. The number of hydrogen-bond donors (Lipinski definition) is 1. The molecule has 1 N–H and O–H groups in total. The van der Waals surface area contributed by atoms with Gasteiger partial charge in [-0.2, -0.15) is 0 Å². The summed E-state index contributed by atoms with van der Waals surface area (Å²) in [6, 6.07) is 5.60. The highest BCUT2D eigenvalue weighted by atomic mass is 35.5. The van der Waals surface area contributed by atoms with Crippen molar-refractivity contribution >= 4 is 27.1 Å². The summed E-state index contributed by atoms with van der Waals surface area (Å²) in [6.45, 7) is 6.27. The zero-order chi connectivity index (χ0) is 15.2. The van der Waals surface area contributed by atoms with Gasteiger partial charge in [0.1, 0.15) is 5.75 Å². The molecule has 0 aliphatic carbocycles. The zero-order valence-electron chi connectivity index (χ0n) is 12.1. The molecule has 4 nitrogen and oxygen atoms in total. The van der Waals surface area contributed by atoms with Crippen LogP contribution in [-0.4, -0.2) is 32.6 Å². The molecule has 0 amide bonds. The van der Waals surface area contributed by atoms with Crippen molar-refractivity contribution in [1.29, 1.82) is 0 Å². The first kappa shape index (κ1) is 17.1. The van der Waals surface area contributed by atoms with E-state index in [9.17, 15) is 8.42 Å². The molecule has 0 fully saturated rings. The maximum absolute atomic E-state index is 11.7. The van der Waals surface area contributed by atoms with Crippen molar-refractivity contribution in [2.45, 2.75) is 31.9 Å². The smallest absolute Gasteiger partial charge is 0.154 e. The van der Waals surface area contributed by atoms with E-state index in [4.69, 9.17) is 16.3 Å². The van der Waals surface area contributed by atoms with Gasteiger partial charge in [-0.05, 0) is 39.0 Å². The molecule has 0 aromatic heterocycles. The Morgan fingerprint density at radius 2 is 2.05 bits per heavy atom. The Morgan fingerprint density at radius 1 is 1.35 bits per heavy atom. The summed E-state index contributed by atoms with van der Waals surface area (Å²) in [4.78, 5) is 0. The van der Waals surface area contributed by atoms with Gasteiger partial charge >= 0.3 is 0 Å². The van der Waals surface area contributed by atoms with E-state index in [0.29, 0.717) is 19.0 Å². The van der Waals surface area contributed by atoms with Crippen LogP contribution in [0.1, 0.15) is 26.3 Å². The van der Waals surface area contributed by atoms with Crippen molar-refractivity contribution in [1.82, 2.24) is 0 Å². The van der Waals surface area contributed by atoms with Crippen LogP contribution in [0.5, 0.6) is 5.75 Å². The molecule has 0 aliphatic heterocycles. The number of sulfone groups is 1. The van der Waals surface area contributed by atoms with Gasteiger partial charge < -0.3 is 10.1 Å². The van der Waals surface area contributed by atoms with Crippen molar-refractivity contribution in [2.24, 2.45) is 0 Å². The fourth-order valence-electron chi connectivity index (χ4n) is 1.66. The fourth-order valence-corrected chi connectivity index (χ4v) is 2.73. The predicted molar refractivity (Wildman–Crippen MR) is 84.6 cm³/mol. The molecule has 0 saturated carbocycles. The van der Waals surface area contributed by atoms with Gasteiger partial charge in [-0.15, -0.1) is 11.6 Å². The van der Waals surface area contributed by atoms with E-state index in [-0.39, 0.29) is 11.0 Å². The number of halogens is 1. The topological polar surface area (TPSA) is 55.4 Å². The molecule has 0 heterocycles. The molecule has 20 heavy (non-hydrogen) atoms. The van der Waals surface area contributed by atoms with E-state index in [1.807, 2.05) is 25.1 Å². The average Bonchev–Trinajstić information content (AvgIpc) is 2.40. The van der Waals surface area contributed by atoms with Crippen molar-refractivity contribution < 1.29 is 13.2 Å². The second kappa shape index (κ2) is 7.74. The Morgan fingerprint density at radius 3 is 2.60 bits per heavy atom. The van der Waals surface area contributed by atoms with Gasteiger partial charge in [-0.1, -0.05) is 0 Å². The van der Waals surface area contributed by atoms with Crippen molar-refractivity contribution in [2.75, 3.05) is 24.2 Å². The summed E-state index contributed by atoms with van der Waals surface area (Å²) in [5.41, 5.74) is 1.74. The monoisotopic (exact) mass is 319 g/mol. The van der Waals surface area contributed by atoms with E-state index >= 15 is 0 Å². The molecule has 0 saturated heterocycles. The van der Waals surface area contributed by atoms with Gasteiger partial charge in [0.05, 0.1) is 23.5 Å². The minimum Gasteiger partial charge on any atom is -0.494 e. The first-order valence-corrected chi connectivity index (χ1v) is 8.92. The molecular weight excluding hydrogens is 298 g/mol. The summed E-state index contributed by atoms with van der Waals surface area (Å²) in [7, 11) is -3.01. The van der Waals surface area contributed by atoms with Crippen LogP contribution in [0.3, 0.4) is 0 Å². The van der Waals surface area contributed by atoms with Crippen LogP contribution in [0, 0.1) is 0 Å². The average molecular weight is 320 g/mol. The van der Waals surface area contributed by atoms with Crippen molar-refractivity contribution in [3.05, 3.63) is 23.8 Å². The highest BCUT2D eigenvalue weighted by molar-refractivity contribution is 7.92. The van der Waals surface area contributed by atoms with Crippen LogP contribution >= 0.6 is 11.6 Å². The molecule has 1 aromatic carbocycles. The Labute approximate surface area is 126 Å². The summed E-state index contributed by atoms with van der Waals surface area (Å²) in [5.74, 6) is 1.24. The molecule has 0 unspecified atom stereocenters. The molecule has 0 spiro atoms. The number of ether oxygens (including phenoxy) is 1. The molecule has 0 aliphatic rings. The number of benzene rings is 1. The second-order valence-electron chi connectivity index (χ2n) is 4.73. The molecule has 1 aromatic rings. The summed E-state index contributed by atoms with van der Waals surface area (Å²) in [5, 5.41) is 2.76. The van der Waals surface area contributed by atoms with Crippen LogP contribution in [0.4, 0.5) is 5.69 Å². The normalized spacial score (nSPS) is 11.7. The lowest BCUT2D eigenvalue weighted by Crippen LogP contribution is -2.22. The van der Waals surface area contributed by atoms with Crippen LogP contribution in [-0.2, 0) is 15.7 Å². The highest BCUT2D eigenvalue weighted by Gasteiger charge is 2.15. The van der Waals surface area contributed by atoms with Crippen LogP contribution in [0.25, 0.3) is 0 Å². The lowest BCUT2D eigenvalue weighted by molar-refractivity contribution is 0.337. The quantitative estimate of drug-likeness (QED) is 0.748.